The van der Waals surface area contributed by atoms with Crippen LogP contribution in [0.3, 0.4) is 0 Å². The maximum absolute atomic E-state index is 12.6. The summed E-state index contributed by atoms with van der Waals surface area (Å²) < 4.78 is 97.1. The van der Waals surface area contributed by atoms with Gasteiger partial charge in [0, 0.05) is 0 Å². The van der Waals surface area contributed by atoms with Crippen LogP contribution >= 0.6 is 0 Å². The first-order chi connectivity index (χ1) is 8.39. The van der Waals surface area contributed by atoms with Gasteiger partial charge in [0.05, 0.1) is 16.0 Å². The largest absolute Gasteiger partial charge is 0.417 e. The van der Waals surface area contributed by atoms with Crippen molar-refractivity contribution in [2.24, 2.45) is 5.84 Å². The number of hydrazine groups is 1. The summed E-state index contributed by atoms with van der Waals surface area (Å²) in [6, 6.07) is 0.129. The van der Waals surface area contributed by atoms with E-state index in [-0.39, 0.29) is 18.2 Å². The summed E-state index contributed by atoms with van der Waals surface area (Å²) in [5.74, 6) is 4.55. The number of sulfonamides is 1. The van der Waals surface area contributed by atoms with Crippen molar-refractivity contribution in [2.45, 2.75) is 17.2 Å². The maximum Gasteiger partial charge on any atom is 0.417 e. The van der Waals surface area contributed by atoms with Gasteiger partial charge in [-0.1, -0.05) is 0 Å². The molecule has 0 spiro atoms. The summed E-state index contributed by atoms with van der Waals surface area (Å²) in [5, 5.41) is 0. The van der Waals surface area contributed by atoms with Crippen LogP contribution in [0, 0.1) is 0 Å². The molecule has 0 aromatic heterocycles. The van der Waals surface area contributed by atoms with Crippen LogP contribution in [0.25, 0.3) is 0 Å². The van der Waals surface area contributed by atoms with Gasteiger partial charge in [0.1, 0.15) is 0 Å². The monoisotopic (exact) mass is 308 g/mol. The van der Waals surface area contributed by atoms with E-state index in [9.17, 15) is 34.8 Å². The van der Waals surface area contributed by atoms with Crippen molar-refractivity contribution in [1.29, 1.82) is 0 Å². The normalized spacial score (nSPS) is 13.6. The van der Waals surface area contributed by atoms with Crippen LogP contribution in [0.1, 0.15) is 11.1 Å². The van der Waals surface area contributed by atoms with E-state index in [4.69, 9.17) is 0 Å². The molecule has 0 saturated carbocycles. The second-order valence-corrected chi connectivity index (χ2v) is 5.01. The van der Waals surface area contributed by atoms with Gasteiger partial charge in [0.15, 0.2) is 0 Å². The van der Waals surface area contributed by atoms with Crippen LogP contribution in [0.4, 0.5) is 26.3 Å². The van der Waals surface area contributed by atoms with Gasteiger partial charge >= 0.3 is 12.4 Å². The first kappa shape index (κ1) is 15.7. The van der Waals surface area contributed by atoms with Crippen molar-refractivity contribution in [3.05, 3.63) is 29.3 Å². The van der Waals surface area contributed by atoms with E-state index in [1.165, 1.54) is 0 Å². The fourth-order valence-electron chi connectivity index (χ4n) is 1.23. The molecule has 11 heteroatoms. The molecule has 0 fully saturated rings. The van der Waals surface area contributed by atoms with Crippen molar-refractivity contribution in [2.75, 3.05) is 0 Å². The molecule has 108 valence electrons. The molecular formula is C8H6F6N2O2S. The minimum Gasteiger partial charge on any atom is -0.257 e. The average molecular weight is 308 g/mol. The van der Waals surface area contributed by atoms with Crippen LogP contribution in [0.2, 0.25) is 0 Å². The molecule has 4 nitrogen and oxygen atoms in total. The van der Waals surface area contributed by atoms with Gasteiger partial charge < -0.3 is 0 Å². The number of benzene rings is 1. The summed E-state index contributed by atoms with van der Waals surface area (Å²) in [6.07, 6.45) is -10.3. The molecule has 1 aromatic carbocycles. The first-order valence-electron chi connectivity index (χ1n) is 4.40. The minimum atomic E-state index is -5.28. The Hall–Kier alpha value is -1.33. The zero-order valence-electron chi connectivity index (χ0n) is 8.80. The molecule has 0 saturated heterocycles. The quantitative estimate of drug-likeness (QED) is 0.498. The van der Waals surface area contributed by atoms with Gasteiger partial charge in [-0.2, -0.15) is 31.2 Å². The summed E-state index contributed by atoms with van der Waals surface area (Å²) in [5.41, 5.74) is -3.56. The lowest BCUT2D eigenvalue weighted by molar-refractivity contribution is -0.144. The lowest BCUT2D eigenvalue weighted by Crippen LogP contribution is -2.32. The minimum absolute atomic E-state index is 0.195. The number of hydrogen-bond acceptors (Lipinski definition) is 3. The van der Waals surface area contributed by atoms with Crippen LogP contribution in [-0.4, -0.2) is 8.42 Å². The van der Waals surface area contributed by atoms with E-state index in [1.54, 1.807) is 0 Å². The standard InChI is InChI=1S/C8H6F6N2O2S/c9-7(10,11)4-1-2-6(19(17,18)16-15)5(3-4)8(12,13)14/h1-3,16H,15H2. The third-order valence-electron chi connectivity index (χ3n) is 2.06. The van der Waals surface area contributed by atoms with E-state index in [1.807, 2.05) is 0 Å². The molecule has 0 heterocycles. The molecule has 0 atom stereocenters. The molecule has 0 aliphatic heterocycles. The molecule has 0 bridgehead atoms. The highest BCUT2D eigenvalue weighted by molar-refractivity contribution is 7.89. The van der Waals surface area contributed by atoms with Crippen LogP contribution in [-0.2, 0) is 22.4 Å². The van der Waals surface area contributed by atoms with Gasteiger partial charge in [-0.3, -0.25) is 5.84 Å². The fourth-order valence-corrected chi connectivity index (χ4v) is 2.06. The summed E-state index contributed by atoms with van der Waals surface area (Å²) in [7, 11) is -4.73. The molecule has 0 aliphatic carbocycles. The average Bonchev–Trinajstić information content (AvgIpc) is 2.26. The maximum atomic E-state index is 12.6. The highest BCUT2D eigenvalue weighted by Gasteiger charge is 2.40. The smallest absolute Gasteiger partial charge is 0.257 e. The van der Waals surface area contributed by atoms with Crippen molar-refractivity contribution < 1.29 is 34.8 Å². The van der Waals surface area contributed by atoms with Crippen LogP contribution < -0.4 is 10.7 Å². The molecule has 3 N–H and O–H groups in total. The Labute approximate surface area is 103 Å². The Balaban J connectivity index is 3.61. The fraction of sp³-hybridized carbons (Fsp3) is 0.250. The van der Waals surface area contributed by atoms with Crippen LogP contribution in [0.5, 0.6) is 0 Å². The third kappa shape index (κ3) is 3.36. The van der Waals surface area contributed by atoms with Gasteiger partial charge in [-0.05, 0) is 18.2 Å². The lowest BCUT2D eigenvalue weighted by Gasteiger charge is -2.15. The number of halogens is 6. The van der Waals surface area contributed by atoms with E-state index in [0.29, 0.717) is 0 Å². The molecule has 0 aliphatic rings. The number of hydrogen-bond donors (Lipinski definition) is 2. The van der Waals surface area contributed by atoms with Crippen molar-refractivity contribution in [3.8, 4) is 0 Å². The lowest BCUT2D eigenvalue weighted by atomic mass is 10.1. The molecule has 0 radical (unpaired) electrons. The van der Waals surface area contributed by atoms with Crippen molar-refractivity contribution in [3.63, 3.8) is 0 Å². The molecule has 0 amide bonds. The second-order valence-electron chi connectivity index (χ2n) is 3.33. The number of alkyl halides is 6. The molecule has 1 rings (SSSR count). The Morgan fingerprint density at radius 2 is 1.53 bits per heavy atom. The molecule has 0 unspecified atom stereocenters. The predicted molar refractivity (Wildman–Crippen MR) is 51.0 cm³/mol. The molecule has 1 aromatic rings. The summed E-state index contributed by atoms with van der Waals surface area (Å²) in [4.78, 5) is -0.260. The Morgan fingerprint density at radius 3 is 1.89 bits per heavy atom. The van der Waals surface area contributed by atoms with Crippen molar-refractivity contribution in [1.82, 2.24) is 4.83 Å². The van der Waals surface area contributed by atoms with Gasteiger partial charge in [0.2, 0.25) is 0 Å². The Morgan fingerprint density at radius 1 is 1.00 bits per heavy atom. The highest BCUT2D eigenvalue weighted by atomic mass is 32.2. The van der Waals surface area contributed by atoms with Gasteiger partial charge in [0.25, 0.3) is 10.0 Å². The van der Waals surface area contributed by atoms with E-state index in [2.05, 4.69) is 5.84 Å². The SMILES string of the molecule is NNS(=O)(=O)c1ccc(C(F)(F)F)cc1C(F)(F)F. The van der Waals surface area contributed by atoms with Crippen LogP contribution in [0.15, 0.2) is 23.1 Å². The van der Waals surface area contributed by atoms with Gasteiger partial charge in [-0.15, -0.1) is 0 Å². The van der Waals surface area contributed by atoms with E-state index >= 15 is 0 Å². The van der Waals surface area contributed by atoms with E-state index < -0.39 is 38.4 Å². The van der Waals surface area contributed by atoms with E-state index in [0.717, 1.165) is 4.83 Å². The first-order valence-corrected chi connectivity index (χ1v) is 5.89. The number of nitrogens with one attached hydrogen (secondary N) is 1. The predicted octanol–water partition coefficient (Wildman–Crippen LogP) is 1.88. The Kier molecular flexibility index (Phi) is 3.85. The summed E-state index contributed by atoms with van der Waals surface area (Å²) in [6.45, 7) is 0. The zero-order valence-corrected chi connectivity index (χ0v) is 9.62. The highest BCUT2D eigenvalue weighted by Crippen LogP contribution is 2.38. The van der Waals surface area contributed by atoms with Gasteiger partial charge in [-0.25, -0.2) is 8.42 Å². The second kappa shape index (κ2) is 4.65. The molecule has 19 heavy (non-hydrogen) atoms. The Bertz CT molecular complexity index is 578. The summed E-state index contributed by atoms with van der Waals surface area (Å²) >= 11 is 0. The number of rotatable bonds is 2. The zero-order chi connectivity index (χ0) is 15.1. The number of nitrogens with two attached hydrogens (primary N) is 1. The molecular weight excluding hydrogens is 302 g/mol. The topological polar surface area (TPSA) is 72.2 Å². The van der Waals surface area contributed by atoms with Crippen molar-refractivity contribution >= 4 is 10.0 Å². The third-order valence-corrected chi connectivity index (χ3v) is 3.30.